The van der Waals surface area contributed by atoms with Crippen molar-refractivity contribution in [2.45, 2.75) is 26.3 Å². The van der Waals surface area contributed by atoms with E-state index < -0.39 is 5.97 Å². The molecular weight excluding hydrogens is 382 g/mol. The van der Waals surface area contributed by atoms with E-state index in [9.17, 15) is 14.4 Å². The molecule has 1 heterocycles. The average Bonchev–Trinajstić information content (AvgIpc) is 2.76. The van der Waals surface area contributed by atoms with Gasteiger partial charge in [-0.1, -0.05) is 42.5 Å². The van der Waals surface area contributed by atoms with Crippen molar-refractivity contribution in [1.29, 1.82) is 0 Å². The molecule has 2 aromatic carbocycles. The molecular formula is C23H23N3O4. The second-order valence-electron chi connectivity index (χ2n) is 6.56. The minimum Gasteiger partial charge on any atom is -0.462 e. The molecule has 1 aromatic heterocycles. The van der Waals surface area contributed by atoms with Gasteiger partial charge in [0.05, 0.1) is 23.6 Å². The zero-order valence-corrected chi connectivity index (χ0v) is 16.7. The first-order chi connectivity index (χ1) is 14.6. The van der Waals surface area contributed by atoms with Gasteiger partial charge in [-0.15, -0.1) is 0 Å². The Labute approximate surface area is 174 Å². The van der Waals surface area contributed by atoms with E-state index >= 15 is 0 Å². The molecule has 0 saturated heterocycles. The third-order valence-corrected chi connectivity index (χ3v) is 4.41. The van der Waals surface area contributed by atoms with Crippen LogP contribution in [0.4, 0.5) is 5.69 Å². The molecule has 3 aromatic rings. The number of rotatable bonds is 8. The fraction of sp³-hybridized carbons (Fsp3) is 0.217. The van der Waals surface area contributed by atoms with Crippen molar-refractivity contribution in [2.75, 3.05) is 11.9 Å². The maximum atomic E-state index is 12.3. The van der Waals surface area contributed by atoms with E-state index in [1.54, 1.807) is 37.3 Å². The lowest BCUT2D eigenvalue weighted by Gasteiger charge is -2.11. The molecule has 7 heteroatoms. The largest absolute Gasteiger partial charge is 0.462 e. The smallest absolute Gasteiger partial charge is 0.340 e. The highest BCUT2D eigenvalue weighted by Crippen LogP contribution is 2.17. The summed E-state index contributed by atoms with van der Waals surface area (Å²) < 4.78 is 6.38. The zero-order chi connectivity index (χ0) is 21.3. The van der Waals surface area contributed by atoms with Gasteiger partial charge in [-0.3, -0.25) is 9.59 Å². The van der Waals surface area contributed by atoms with Gasteiger partial charge in [0.25, 0.3) is 5.56 Å². The van der Waals surface area contributed by atoms with E-state index in [1.165, 1.54) is 10.7 Å². The Kier molecular flexibility index (Phi) is 7.10. The number of aryl methyl sites for hydroxylation is 1. The van der Waals surface area contributed by atoms with Crippen molar-refractivity contribution >= 4 is 17.6 Å². The summed E-state index contributed by atoms with van der Waals surface area (Å²) in [6.45, 7) is 2.29. The van der Waals surface area contributed by atoms with Gasteiger partial charge in [0, 0.05) is 24.6 Å². The van der Waals surface area contributed by atoms with Crippen LogP contribution in [0.2, 0.25) is 0 Å². The molecule has 0 aliphatic rings. The van der Waals surface area contributed by atoms with Gasteiger partial charge in [0.15, 0.2) is 0 Å². The molecule has 30 heavy (non-hydrogen) atoms. The molecule has 0 unspecified atom stereocenters. The monoisotopic (exact) mass is 405 g/mol. The number of anilines is 1. The van der Waals surface area contributed by atoms with Crippen molar-refractivity contribution in [3.8, 4) is 11.3 Å². The van der Waals surface area contributed by atoms with Crippen LogP contribution in [0.3, 0.4) is 0 Å². The van der Waals surface area contributed by atoms with Gasteiger partial charge in [-0.05, 0) is 31.5 Å². The van der Waals surface area contributed by atoms with Gasteiger partial charge in [-0.25, -0.2) is 9.48 Å². The molecule has 0 radical (unpaired) electrons. The fourth-order valence-electron chi connectivity index (χ4n) is 2.95. The maximum absolute atomic E-state index is 12.3. The standard InChI is InChI=1S/C23H23N3O4/c1-2-30-23(29)18-11-6-7-12-20(18)24-21(27)13-8-16-26-22(28)15-14-19(25-26)17-9-4-3-5-10-17/h3-7,9-12,14-15H,2,8,13,16H2,1H3,(H,24,27). The number of nitrogens with zero attached hydrogens (tertiary/aromatic N) is 2. The first-order valence-electron chi connectivity index (χ1n) is 9.78. The van der Waals surface area contributed by atoms with Crippen LogP contribution in [-0.4, -0.2) is 28.3 Å². The summed E-state index contributed by atoms with van der Waals surface area (Å²) in [6.07, 6.45) is 0.611. The van der Waals surface area contributed by atoms with Crippen LogP contribution in [0.1, 0.15) is 30.1 Å². The van der Waals surface area contributed by atoms with Crippen LogP contribution in [0.5, 0.6) is 0 Å². The lowest BCUT2D eigenvalue weighted by molar-refractivity contribution is -0.116. The number of nitrogens with one attached hydrogen (secondary N) is 1. The van der Waals surface area contributed by atoms with Crippen molar-refractivity contribution in [3.05, 3.63) is 82.6 Å². The molecule has 0 aliphatic carbocycles. The molecule has 7 nitrogen and oxygen atoms in total. The average molecular weight is 405 g/mol. The minimum atomic E-state index is -0.484. The Morgan fingerprint density at radius 3 is 2.50 bits per heavy atom. The Bertz CT molecular complexity index is 1080. The fourth-order valence-corrected chi connectivity index (χ4v) is 2.95. The minimum absolute atomic E-state index is 0.181. The van der Waals surface area contributed by atoms with E-state index in [0.29, 0.717) is 29.9 Å². The Morgan fingerprint density at radius 1 is 1.00 bits per heavy atom. The number of benzene rings is 2. The Hall–Kier alpha value is -3.74. The zero-order valence-electron chi connectivity index (χ0n) is 16.7. The van der Waals surface area contributed by atoms with Crippen molar-refractivity contribution in [1.82, 2.24) is 9.78 Å². The number of carbonyl (C=O) groups excluding carboxylic acids is 2. The van der Waals surface area contributed by atoms with Crippen LogP contribution >= 0.6 is 0 Å². The van der Waals surface area contributed by atoms with Gasteiger partial charge in [0.2, 0.25) is 5.91 Å². The highest BCUT2D eigenvalue weighted by Gasteiger charge is 2.14. The third kappa shape index (κ3) is 5.41. The quantitative estimate of drug-likeness (QED) is 0.579. The van der Waals surface area contributed by atoms with E-state index in [0.717, 1.165) is 5.56 Å². The SMILES string of the molecule is CCOC(=O)c1ccccc1NC(=O)CCCn1nc(-c2ccccc2)ccc1=O. The van der Waals surface area contributed by atoms with E-state index in [4.69, 9.17) is 4.74 Å². The summed E-state index contributed by atoms with van der Waals surface area (Å²) in [7, 11) is 0. The summed E-state index contributed by atoms with van der Waals surface area (Å²) in [6, 6.07) is 19.4. The number of hydrogen-bond acceptors (Lipinski definition) is 5. The topological polar surface area (TPSA) is 90.3 Å². The molecule has 0 bridgehead atoms. The lowest BCUT2D eigenvalue weighted by atomic mass is 10.1. The van der Waals surface area contributed by atoms with Gasteiger partial charge < -0.3 is 10.1 Å². The molecule has 0 atom stereocenters. The van der Waals surface area contributed by atoms with Gasteiger partial charge in [0.1, 0.15) is 0 Å². The predicted octanol–water partition coefficient (Wildman–Crippen LogP) is 3.51. The maximum Gasteiger partial charge on any atom is 0.340 e. The molecule has 154 valence electrons. The van der Waals surface area contributed by atoms with Crippen LogP contribution < -0.4 is 10.9 Å². The van der Waals surface area contributed by atoms with Crippen LogP contribution in [0.25, 0.3) is 11.3 Å². The predicted molar refractivity (Wildman–Crippen MR) is 114 cm³/mol. The van der Waals surface area contributed by atoms with Crippen LogP contribution in [0, 0.1) is 0 Å². The summed E-state index contributed by atoms with van der Waals surface area (Å²) in [5, 5.41) is 7.13. The summed E-state index contributed by atoms with van der Waals surface area (Å²) in [5.74, 6) is -0.735. The van der Waals surface area contributed by atoms with Crippen molar-refractivity contribution in [3.63, 3.8) is 0 Å². The molecule has 1 amide bonds. The highest BCUT2D eigenvalue weighted by molar-refractivity contribution is 6.01. The summed E-state index contributed by atoms with van der Waals surface area (Å²) in [5.41, 5.74) is 2.11. The first kappa shape index (κ1) is 21.0. The number of ether oxygens (including phenoxy) is 1. The molecule has 0 fully saturated rings. The highest BCUT2D eigenvalue weighted by atomic mass is 16.5. The molecule has 0 saturated carbocycles. The number of aromatic nitrogens is 2. The number of amides is 1. The molecule has 0 spiro atoms. The molecule has 1 N–H and O–H groups in total. The second-order valence-corrected chi connectivity index (χ2v) is 6.56. The number of carbonyl (C=O) groups is 2. The van der Waals surface area contributed by atoms with Crippen molar-refractivity contribution in [2.24, 2.45) is 0 Å². The Morgan fingerprint density at radius 2 is 1.73 bits per heavy atom. The van der Waals surface area contributed by atoms with E-state index in [1.807, 2.05) is 30.3 Å². The lowest BCUT2D eigenvalue weighted by Crippen LogP contribution is -2.23. The van der Waals surface area contributed by atoms with E-state index in [-0.39, 0.29) is 24.5 Å². The summed E-state index contributed by atoms with van der Waals surface area (Å²) >= 11 is 0. The van der Waals surface area contributed by atoms with E-state index in [2.05, 4.69) is 10.4 Å². The number of esters is 1. The number of para-hydroxylation sites is 1. The van der Waals surface area contributed by atoms with Crippen LogP contribution in [0.15, 0.2) is 71.5 Å². The summed E-state index contributed by atoms with van der Waals surface area (Å²) in [4.78, 5) is 36.4. The number of hydrogen-bond donors (Lipinski definition) is 1. The molecule has 3 rings (SSSR count). The van der Waals surface area contributed by atoms with Crippen molar-refractivity contribution < 1.29 is 14.3 Å². The van der Waals surface area contributed by atoms with Gasteiger partial charge >= 0.3 is 5.97 Å². The third-order valence-electron chi connectivity index (χ3n) is 4.41. The molecule has 0 aliphatic heterocycles. The first-order valence-corrected chi connectivity index (χ1v) is 9.78. The second kappa shape index (κ2) is 10.2. The Balaban J connectivity index is 1.61. The van der Waals surface area contributed by atoms with Gasteiger partial charge in [-0.2, -0.15) is 5.10 Å². The van der Waals surface area contributed by atoms with Crippen LogP contribution in [-0.2, 0) is 16.1 Å². The normalized spacial score (nSPS) is 10.4.